The number of allylic oxidation sites excluding steroid dienone is 2. The average molecular weight is 269 g/mol. The van der Waals surface area contributed by atoms with Crippen LogP contribution in [0.2, 0.25) is 0 Å². The van der Waals surface area contributed by atoms with E-state index >= 15 is 0 Å². The molecule has 0 bridgehead atoms. The molecule has 0 aliphatic carbocycles. The van der Waals surface area contributed by atoms with Gasteiger partial charge in [-0.05, 0) is 43.0 Å². The number of carbonyl (C=O) groups is 1. The zero-order valence-corrected chi connectivity index (χ0v) is 11.5. The van der Waals surface area contributed by atoms with E-state index in [1.807, 2.05) is 26.0 Å². The van der Waals surface area contributed by atoms with Crippen LogP contribution >= 0.6 is 11.6 Å². The quantitative estimate of drug-likeness (QED) is 0.518. The molecule has 18 heavy (non-hydrogen) atoms. The molecular weight excluding hydrogens is 252 g/mol. The van der Waals surface area contributed by atoms with Gasteiger partial charge in [-0.1, -0.05) is 12.2 Å². The number of methoxy groups -OCH3 is 1. The van der Waals surface area contributed by atoms with Crippen LogP contribution in [-0.4, -0.2) is 24.1 Å². The third-order valence-corrected chi connectivity index (χ3v) is 3.06. The Morgan fingerprint density at radius 2 is 2.11 bits per heavy atom. The number of phenols is 1. The topological polar surface area (TPSA) is 46.5 Å². The van der Waals surface area contributed by atoms with E-state index in [0.717, 1.165) is 16.7 Å². The summed E-state index contributed by atoms with van der Waals surface area (Å²) < 4.78 is 4.68. The van der Waals surface area contributed by atoms with Gasteiger partial charge in [0.15, 0.2) is 0 Å². The molecule has 0 heterocycles. The average Bonchev–Trinajstić information content (AvgIpc) is 2.32. The second-order valence-electron chi connectivity index (χ2n) is 4.01. The van der Waals surface area contributed by atoms with Crippen LogP contribution in [0.15, 0.2) is 18.2 Å². The van der Waals surface area contributed by atoms with Crippen molar-refractivity contribution in [2.45, 2.75) is 20.3 Å². The largest absolute Gasteiger partial charge is 0.507 e. The number of aryl methyl sites for hydroxylation is 1. The van der Waals surface area contributed by atoms with Gasteiger partial charge in [0.1, 0.15) is 11.3 Å². The summed E-state index contributed by atoms with van der Waals surface area (Å²) in [6.45, 7) is 3.71. The Bertz CT molecular complexity index is 478. The molecule has 1 rings (SSSR count). The lowest BCUT2D eigenvalue weighted by molar-refractivity contribution is 0.0596. The zero-order valence-electron chi connectivity index (χ0n) is 10.8. The molecule has 1 aromatic carbocycles. The van der Waals surface area contributed by atoms with Gasteiger partial charge in [-0.15, -0.1) is 11.6 Å². The fourth-order valence-corrected chi connectivity index (χ4v) is 2.07. The van der Waals surface area contributed by atoms with Crippen LogP contribution in [0.25, 0.3) is 0 Å². The highest BCUT2D eigenvalue weighted by molar-refractivity contribution is 6.18. The van der Waals surface area contributed by atoms with Crippen LogP contribution < -0.4 is 0 Å². The maximum Gasteiger partial charge on any atom is 0.341 e. The van der Waals surface area contributed by atoms with E-state index in [-0.39, 0.29) is 11.3 Å². The molecule has 0 atom stereocenters. The molecule has 0 aromatic heterocycles. The molecule has 0 saturated heterocycles. The Kier molecular flexibility index (Phi) is 5.23. The molecule has 4 heteroatoms. The van der Waals surface area contributed by atoms with Crippen molar-refractivity contribution in [3.05, 3.63) is 40.5 Å². The van der Waals surface area contributed by atoms with Gasteiger partial charge in [0.2, 0.25) is 0 Å². The first-order chi connectivity index (χ1) is 8.52. The summed E-state index contributed by atoms with van der Waals surface area (Å²) in [5.74, 6) is -0.102. The highest BCUT2D eigenvalue weighted by atomic mass is 35.5. The van der Waals surface area contributed by atoms with Crippen molar-refractivity contribution in [3.63, 3.8) is 0 Å². The Morgan fingerprint density at radius 3 is 2.67 bits per heavy atom. The number of carbonyl (C=O) groups excluding carboxylic acids is 1. The minimum atomic E-state index is -0.521. The number of esters is 1. The number of ether oxygens (including phenoxy) is 1. The molecule has 0 fully saturated rings. The number of rotatable bonds is 4. The number of aromatic hydroxyl groups is 1. The number of benzene rings is 1. The summed E-state index contributed by atoms with van der Waals surface area (Å²) in [5.41, 5.74) is 2.93. The summed E-state index contributed by atoms with van der Waals surface area (Å²) in [5, 5.41) is 9.83. The van der Waals surface area contributed by atoms with Crippen molar-refractivity contribution < 1.29 is 14.6 Å². The van der Waals surface area contributed by atoms with Gasteiger partial charge >= 0.3 is 5.97 Å². The number of alkyl halides is 1. The van der Waals surface area contributed by atoms with Crippen LogP contribution in [0.4, 0.5) is 0 Å². The molecule has 0 aliphatic rings. The molecule has 0 aliphatic heterocycles. The van der Waals surface area contributed by atoms with Gasteiger partial charge in [0.05, 0.1) is 7.11 Å². The van der Waals surface area contributed by atoms with Gasteiger partial charge in [-0.25, -0.2) is 4.79 Å². The molecule has 0 amide bonds. The van der Waals surface area contributed by atoms with Gasteiger partial charge in [0.25, 0.3) is 0 Å². The van der Waals surface area contributed by atoms with E-state index in [9.17, 15) is 9.90 Å². The van der Waals surface area contributed by atoms with Crippen molar-refractivity contribution in [1.82, 2.24) is 0 Å². The normalized spacial score (nSPS) is 10.9. The van der Waals surface area contributed by atoms with Gasteiger partial charge in [0, 0.05) is 5.88 Å². The van der Waals surface area contributed by atoms with E-state index in [4.69, 9.17) is 11.6 Å². The van der Waals surface area contributed by atoms with Crippen molar-refractivity contribution in [3.8, 4) is 5.75 Å². The molecule has 1 aromatic rings. The van der Waals surface area contributed by atoms with Gasteiger partial charge in [-0.2, -0.15) is 0 Å². The lowest BCUT2D eigenvalue weighted by Crippen LogP contribution is -2.07. The monoisotopic (exact) mass is 268 g/mol. The smallest absolute Gasteiger partial charge is 0.341 e. The van der Waals surface area contributed by atoms with E-state index < -0.39 is 5.97 Å². The highest BCUT2D eigenvalue weighted by Gasteiger charge is 2.18. The van der Waals surface area contributed by atoms with Crippen molar-refractivity contribution in [1.29, 1.82) is 0 Å². The summed E-state index contributed by atoms with van der Waals surface area (Å²) in [6.07, 6.45) is 4.47. The lowest BCUT2D eigenvalue weighted by atomic mass is 9.94. The van der Waals surface area contributed by atoms with Crippen LogP contribution in [0.5, 0.6) is 5.75 Å². The maximum atomic E-state index is 11.6. The SMILES string of the molecule is COC(=O)c1c(O)cc(C)c(C/C=C/CCl)c1C. The number of hydrogen-bond donors (Lipinski definition) is 1. The first-order valence-electron chi connectivity index (χ1n) is 5.64. The Balaban J connectivity index is 3.26. The minimum Gasteiger partial charge on any atom is -0.507 e. The van der Waals surface area contributed by atoms with Crippen molar-refractivity contribution in [2.75, 3.05) is 13.0 Å². The first kappa shape index (κ1) is 14.6. The second-order valence-corrected chi connectivity index (χ2v) is 4.32. The Hall–Kier alpha value is -1.48. The van der Waals surface area contributed by atoms with Crippen LogP contribution in [-0.2, 0) is 11.2 Å². The Labute approximate surface area is 112 Å². The maximum absolute atomic E-state index is 11.6. The first-order valence-corrected chi connectivity index (χ1v) is 6.17. The second kappa shape index (κ2) is 6.45. The zero-order chi connectivity index (χ0) is 13.7. The van der Waals surface area contributed by atoms with E-state index in [1.165, 1.54) is 7.11 Å². The van der Waals surface area contributed by atoms with Crippen LogP contribution in [0.1, 0.15) is 27.0 Å². The van der Waals surface area contributed by atoms with Crippen molar-refractivity contribution >= 4 is 17.6 Å². The third kappa shape index (κ3) is 3.05. The molecule has 0 spiro atoms. The number of halogens is 1. The predicted octanol–water partition coefficient (Wildman–Crippen LogP) is 3.13. The summed E-state index contributed by atoms with van der Waals surface area (Å²) in [4.78, 5) is 11.6. The lowest BCUT2D eigenvalue weighted by Gasteiger charge is -2.13. The van der Waals surface area contributed by atoms with Crippen LogP contribution in [0, 0.1) is 13.8 Å². The summed E-state index contributed by atoms with van der Waals surface area (Å²) in [6, 6.07) is 1.59. The van der Waals surface area contributed by atoms with Crippen LogP contribution in [0.3, 0.4) is 0 Å². The molecule has 0 radical (unpaired) electrons. The molecule has 0 saturated carbocycles. The van der Waals surface area contributed by atoms with E-state index in [2.05, 4.69) is 4.74 Å². The third-order valence-electron chi connectivity index (χ3n) is 2.88. The van der Waals surface area contributed by atoms with Crippen molar-refractivity contribution in [2.24, 2.45) is 0 Å². The summed E-state index contributed by atoms with van der Waals surface area (Å²) in [7, 11) is 1.30. The van der Waals surface area contributed by atoms with E-state index in [1.54, 1.807) is 6.07 Å². The molecule has 98 valence electrons. The predicted molar refractivity (Wildman–Crippen MR) is 72.5 cm³/mol. The standard InChI is InChI=1S/C14H17ClO3/c1-9-8-12(16)13(14(17)18-3)10(2)11(9)6-4-5-7-15/h4-5,8,16H,6-7H2,1-3H3/b5-4+. The Morgan fingerprint density at radius 1 is 1.44 bits per heavy atom. The van der Waals surface area contributed by atoms with E-state index in [0.29, 0.717) is 12.3 Å². The number of hydrogen-bond acceptors (Lipinski definition) is 3. The fraction of sp³-hybridized carbons (Fsp3) is 0.357. The molecule has 0 unspecified atom stereocenters. The number of phenolic OH excluding ortho intramolecular Hbond substituents is 1. The van der Waals surface area contributed by atoms with Gasteiger partial charge < -0.3 is 9.84 Å². The highest BCUT2D eigenvalue weighted by Crippen LogP contribution is 2.28. The van der Waals surface area contributed by atoms with Gasteiger partial charge in [-0.3, -0.25) is 0 Å². The molecular formula is C14H17ClO3. The minimum absolute atomic E-state index is 0.0399. The molecule has 1 N–H and O–H groups in total. The molecule has 3 nitrogen and oxygen atoms in total. The fourth-order valence-electron chi connectivity index (χ4n) is 1.94. The summed E-state index contributed by atoms with van der Waals surface area (Å²) >= 11 is 5.58.